The highest BCUT2D eigenvalue weighted by Gasteiger charge is 2.23. The molecule has 0 radical (unpaired) electrons. The van der Waals surface area contributed by atoms with Crippen molar-refractivity contribution < 1.29 is 14.1 Å². The second-order valence-corrected chi connectivity index (χ2v) is 6.44. The van der Waals surface area contributed by atoms with Gasteiger partial charge in [0.2, 0.25) is 5.91 Å². The van der Waals surface area contributed by atoms with Gasteiger partial charge in [0.1, 0.15) is 11.5 Å². The van der Waals surface area contributed by atoms with Crippen LogP contribution in [0.25, 0.3) is 0 Å². The van der Waals surface area contributed by atoms with Crippen LogP contribution in [0.5, 0.6) is 5.75 Å². The van der Waals surface area contributed by atoms with Crippen molar-refractivity contribution in [1.29, 1.82) is 0 Å². The molecule has 0 aliphatic heterocycles. The van der Waals surface area contributed by atoms with Crippen molar-refractivity contribution in [2.45, 2.75) is 52.0 Å². The van der Waals surface area contributed by atoms with Crippen molar-refractivity contribution in [3.05, 3.63) is 46.3 Å². The summed E-state index contributed by atoms with van der Waals surface area (Å²) in [4.78, 5) is 12.4. The van der Waals surface area contributed by atoms with E-state index in [0.717, 1.165) is 42.0 Å². The monoisotopic (exact) mass is 328 g/mol. The van der Waals surface area contributed by atoms with Crippen molar-refractivity contribution in [3.8, 4) is 5.75 Å². The predicted molar refractivity (Wildman–Crippen MR) is 91.1 cm³/mol. The first kappa shape index (κ1) is 16.6. The van der Waals surface area contributed by atoms with E-state index in [0.29, 0.717) is 13.0 Å². The van der Waals surface area contributed by atoms with Crippen LogP contribution in [0.4, 0.5) is 0 Å². The summed E-state index contributed by atoms with van der Waals surface area (Å²) in [5, 5.41) is 6.92. The van der Waals surface area contributed by atoms with Crippen LogP contribution >= 0.6 is 0 Å². The average Bonchev–Trinajstić information content (AvgIpc) is 2.91. The maximum atomic E-state index is 12.4. The minimum absolute atomic E-state index is 0.0728. The van der Waals surface area contributed by atoms with Gasteiger partial charge in [-0.05, 0) is 62.3 Å². The van der Waals surface area contributed by atoms with Gasteiger partial charge in [0.25, 0.3) is 0 Å². The van der Waals surface area contributed by atoms with E-state index in [1.807, 2.05) is 19.9 Å². The third kappa shape index (κ3) is 3.45. The zero-order valence-electron chi connectivity index (χ0n) is 14.5. The van der Waals surface area contributed by atoms with Crippen LogP contribution in [0.2, 0.25) is 0 Å². The molecule has 1 aliphatic rings. The number of rotatable bonds is 5. The normalized spacial score (nSPS) is 16.5. The number of carbonyl (C=O) groups is 1. The summed E-state index contributed by atoms with van der Waals surface area (Å²) in [6, 6.07) is 6.20. The topological polar surface area (TPSA) is 64.4 Å². The van der Waals surface area contributed by atoms with Gasteiger partial charge < -0.3 is 14.6 Å². The molecule has 0 fully saturated rings. The summed E-state index contributed by atoms with van der Waals surface area (Å²) in [6.45, 7) is 4.23. The van der Waals surface area contributed by atoms with E-state index in [1.165, 1.54) is 11.1 Å². The highest BCUT2D eigenvalue weighted by atomic mass is 16.5. The molecule has 0 saturated carbocycles. The third-order valence-corrected chi connectivity index (χ3v) is 4.86. The van der Waals surface area contributed by atoms with Gasteiger partial charge in [0, 0.05) is 18.5 Å². The maximum absolute atomic E-state index is 12.4. The molecule has 5 heteroatoms. The Morgan fingerprint density at radius 1 is 1.42 bits per heavy atom. The lowest BCUT2D eigenvalue weighted by Crippen LogP contribution is -2.26. The van der Waals surface area contributed by atoms with Crippen LogP contribution in [0.3, 0.4) is 0 Å². The van der Waals surface area contributed by atoms with E-state index in [2.05, 4.69) is 22.6 Å². The number of ether oxygens (including phenoxy) is 1. The lowest BCUT2D eigenvalue weighted by atomic mass is 9.81. The standard InChI is InChI=1S/C19H24N2O3/c1-12-18(13(2)24-21-12)11-20-19(22)10-15-6-4-5-14-9-16(23-3)7-8-17(14)15/h7-9,15H,4-6,10-11H2,1-3H3,(H,20,22)/t15-/m1/s1. The van der Waals surface area contributed by atoms with E-state index >= 15 is 0 Å². The van der Waals surface area contributed by atoms with Gasteiger partial charge in [-0.2, -0.15) is 0 Å². The molecular formula is C19H24N2O3. The minimum Gasteiger partial charge on any atom is -0.497 e. The molecule has 1 aromatic carbocycles. The molecule has 1 N–H and O–H groups in total. The van der Waals surface area contributed by atoms with Crippen molar-refractivity contribution >= 4 is 5.91 Å². The molecule has 5 nitrogen and oxygen atoms in total. The Bertz CT molecular complexity index is 717. The summed E-state index contributed by atoms with van der Waals surface area (Å²) >= 11 is 0. The van der Waals surface area contributed by atoms with E-state index < -0.39 is 0 Å². The van der Waals surface area contributed by atoms with E-state index in [-0.39, 0.29) is 11.8 Å². The SMILES string of the molecule is COc1ccc2c(c1)CCC[C@@H]2CC(=O)NCc1c(C)noc1C. The van der Waals surface area contributed by atoms with Gasteiger partial charge in [0.15, 0.2) is 0 Å². The molecule has 0 spiro atoms. The zero-order chi connectivity index (χ0) is 17.1. The fourth-order valence-corrected chi connectivity index (χ4v) is 3.47. The molecule has 2 aromatic rings. The number of carbonyl (C=O) groups excluding carboxylic acids is 1. The Balaban J connectivity index is 1.63. The van der Waals surface area contributed by atoms with Gasteiger partial charge >= 0.3 is 0 Å². The van der Waals surface area contributed by atoms with Gasteiger partial charge in [-0.3, -0.25) is 4.79 Å². The van der Waals surface area contributed by atoms with Gasteiger partial charge in [0.05, 0.1) is 12.8 Å². The van der Waals surface area contributed by atoms with Crippen molar-refractivity contribution in [3.63, 3.8) is 0 Å². The first-order valence-corrected chi connectivity index (χ1v) is 8.43. The number of methoxy groups -OCH3 is 1. The minimum atomic E-state index is 0.0728. The summed E-state index contributed by atoms with van der Waals surface area (Å²) in [6.07, 6.45) is 3.74. The van der Waals surface area contributed by atoms with Crippen LogP contribution in [0.15, 0.2) is 22.7 Å². The number of amides is 1. The molecule has 1 atom stereocenters. The number of nitrogens with one attached hydrogen (secondary N) is 1. The molecule has 1 aliphatic carbocycles. The number of aryl methyl sites for hydroxylation is 3. The molecule has 128 valence electrons. The number of hydrogen-bond acceptors (Lipinski definition) is 4. The molecule has 1 heterocycles. The van der Waals surface area contributed by atoms with Crippen LogP contribution in [0, 0.1) is 13.8 Å². The second kappa shape index (κ2) is 7.07. The van der Waals surface area contributed by atoms with Crippen LogP contribution in [-0.4, -0.2) is 18.2 Å². The van der Waals surface area contributed by atoms with Crippen molar-refractivity contribution in [2.24, 2.45) is 0 Å². The summed E-state index contributed by atoms with van der Waals surface area (Å²) in [5.74, 6) is 2.01. The molecule has 3 rings (SSSR count). The Morgan fingerprint density at radius 2 is 2.25 bits per heavy atom. The Morgan fingerprint density at radius 3 is 2.96 bits per heavy atom. The number of nitrogens with zero attached hydrogens (tertiary/aromatic N) is 1. The van der Waals surface area contributed by atoms with E-state index in [9.17, 15) is 4.79 Å². The smallest absolute Gasteiger partial charge is 0.220 e. The van der Waals surface area contributed by atoms with Crippen molar-refractivity contribution in [1.82, 2.24) is 10.5 Å². The number of aromatic nitrogens is 1. The quantitative estimate of drug-likeness (QED) is 0.913. The Hall–Kier alpha value is -2.30. The maximum Gasteiger partial charge on any atom is 0.220 e. The highest BCUT2D eigenvalue weighted by Crippen LogP contribution is 2.35. The molecule has 0 bridgehead atoms. The number of benzene rings is 1. The molecule has 24 heavy (non-hydrogen) atoms. The first-order valence-electron chi connectivity index (χ1n) is 8.43. The Kier molecular flexibility index (Phi) is 4.88. The molecule has 1 amide bonds. The number of hydrogen-bond donors (Lipinski definition) is 1. The predicted octanol–water partition coefficient (Wildman–Crippen LogP) is 3.43. The van der Waals surface area contributed by atoms with Crippen LogP contribution < -0.4 is 10.1 Å². The highest BCUT2D eigenvalue weighted by molar-refractivity contribution is 5.77. The van der Waals surface area contributed by atoms with E-state index in [4.69, 9.17) is 9.26 Å². The first-order chi connectivity index (χ1) is 11.6. The van der Waals surface area contributed by atoms with E-state index in [1.54, 1.807) is 7.11 Å². The molecule has 0 saturated heterocycles. The van der Waals surface area contributed by atoms with Crippen LogP contribution in [-0.2, 0) is 17.8 Å². The van der Waals surface area contributed by atoms with Crippen molar-refractivity contribution in [2.75, 3.05) is 7.11 Å². The van der Waals surface area contributed by atoms with Gasteiger partial charge in [-0.25, -0.2) is 0 Å². The van der Waals surface area contributed by atoms with Gasteiger partial charge in [-0.1, -0.05) is 11.2 Å². The summed E-state index contributed by atoms with van der Waals surface area (Å²) in [5.41, 5.74) is 4.40. The van der Waals surface area contributed by atoms with Crippen LogP contribution in [0.1, 0.15) is 53.3 Å². The fraction of sp³-hybridized carbons (Fsp3) is 0.474. The largest absolute Gasteiger partial charge is 0.497 e. The number of fused-ring (bicyclic) bond motifs is 1. The molecule has 1 aromatic heterocycles. The molecular weight excluding hydrogens is 304 g/mol. The fourth-order valence-electron chi connectivity index (χ4n) is 3.47. The van der Waals surface area contributed by atoms with Gasteiger partial charge in [-0.15, -0.1) is 0 Å². The third-order valence-electron chi connectivity index (χ3n) is 4.86. The lowest BCUT2D eigenvalue weighted by molar-refractivity contribution is -0.121. The molecule has 0 unspecified atom stereocenters. The Labute approximate surface area is 142 Å². The zero-order valence-corrected chi connectivity index (χ0v) is 14.5. The summed E-state index contributed by atoms with van der Waals surface area (Å²) < 4.78 is 10.4. The average molecular weight is 328 g/mol. The lowest BCUT2D eigenvalue weighted by Gasteiger charge is -2.25. The second-order valence-electron chi connectivity index (χ2n) is 6.44. The summed E-state index contributed by atoms with van der Waals surface area (Å²) in [7, 11) is 1.68.